The molecule has 1 saturated carbocycles. The molecule has 1 aliphatic carbocycles. The molecule has 0 aromatic carbocycles. The standard InChI is InChI=1S/C27H28FN5O6/c28-18-12-29-19-2-4-22(38-14-23(35)36)33-24(19)17(18)5-6-27-9-7-26(8-10-27,15-39-27)30-11-16-1-3-20-25(31-16)32-21(34)13-37-20/h1-4,12,30H,5-11,13-15H2,(H,35,36)(H,31,32,34). The highest BCUT2D eigenvalue weighted by atomic mass is 19.1. The van der Waals surface area contributed by atoms with Crippen molar-refractivity contribution in [2.75, 3.05) is 25.1 Å². The highest BCUT2D eigenvalue weighted by Crippen LogP contribution is 2.46. The lowest BCUT2D eigenvalue weighted by Crippen LogP contribution is -2.61. The molecule has 12 heteroatoms. The van der Waals surface area contributed by atoms with Crippen LogP contribution in [-0.2, 0) is 27.3 Å². The topological polar surface area (TPSA) is 145 Å². The Morgan fingerprint density at radius 1 is 1.18 bits per heavy atom. The summed E-state index contributed by atoms with van der Waals surface area (Å²) in [5.74, 6) is -0.668. The molecule has 0 spiro atoms. The zero-order chi connectivity index (χ0) is 27.0. The minimum absolute atomic E-state index is 0.00272. The molecule has 2 bridgehead atoms. The minimum atomic E-state index is -1.12. The lowest BCUT2D eigenvalue weighted by atomic mass is 9.69. The van der Waals surface area contributed by atoms with Crippen LogP contribution >= 0.6 is 0 Å². The number of hydrogen-bond donors (Lipinski definition) is 3. The number of rotatable bonds is 9. The van der Waals surface area contributed by atoms with E-state index in [1.165, 1.54) is 12.3 Å². The smallest absolute Gasteiger partial charge is 0.341 e. The van der Waals surface area contributed by atoms with Gasteiger partial charge >= 0.3 is 5.97 Å². The Kier molecular flexibility index (Phi) is 6.51. The molecule has 0 atom stereocenters. The number of nitrogens with one attached hydrogen (secondary N) is 2. The monoisotopic (exact) mass is 537 g/mol. The summed E-state index contributed by atoms with van der Waals surface area (Å²) < 4.78 is 31.9. The number of aliphatic carboxylic acids is 1. The van der Waals surface area contributed by atoms with Gasteiger partial charge in [0.05, 0.1) is 35.1 Å². The zero-order valence-electron chi connectivity index (χ0n) is 21.2. The Morgan fingerprint density at radius 3 is 2.79 bits per heavy atom. The Balaban J connectivity index is 1.09. The van der Waals surface area contributed by atoms with E-state index in [-0.39, 0.29) is 29.5 Å². The molecule has 6 heterocycles. The molecule has 3 aromatic heterocycles. The number of hydrogen-bond acceptors (Lipinski definition) is 9. The van der Waals surface area contributed by atoms with Crippen LogP contribution in [-0.4, -0.2) is 62.9 Å². The SMILES string of the molecule is O=C(O)COc1ccc2ncc(F)c(CCC34CCC(NCc5ccc6c(n5)NC(=O)CO6)(CC3)CO4)c2n1. The summed E-state index contributed by atoms with van der Waals surface area (Å²) in [6, 6.07) is 6.88. The Morgan fingerprint density at radius 2 is 2.03 bits per heavy atom. The van der Waals surface area contributed by atoms with Gasteiger partial charge in [-0.3, -0.25) is 9.78 Å². The molecule has 4 aliphatic rings. The number of carboxylic acid groups (broad SMARTS) is 1. The number of nitrogens with zero attached hydrogens (tertiary/aromatic N) is 3. The molecular weight excluding hydrogens is 509 g/mol. The van der Waals surface area contributed by atoms with Gasteiger partial charge in [-0.2, -0.15) is 0 Å². The fourth-order valence-electron chi connectivity index (χ4n) is 5.58. The van der Waals surface area contributed by atoms with Crippen LogP contribution in [0.5, 0.6) is 11.6 Å². The second-order valence-corrected chi connectivity index (χ2v) is 10.4. The predicted octanol–water partition coefficient (Wildman–Crippen LogP) is 2.76. The van der Waals surface area contributed by atoms with Crippen molar-refractivity contribution in [1.29, 1.82) is 0 Å². The molecule has 2 saturated heterocycles. The van der Waals surface area contributed by atoms with E-state index in [0.717, 1.165) is 31.4 Å². The first-order chi connectivity index (χ1) is 18.8. The van der Waals surface area contributed by atoms with Crippen molar-refractivity contribution in [3.05, 3.63) is 47.5 Å². The fraction of sp³-hybridized carbons (Fsp3) is 0.444. The Bertz CT molecular complexity index is 1430. The molecule has 3 aliphatic heterocycles. The van der Waals surface area contributed by atoms with Gasteiger partial charge in [-0.1, -0.05) is 0 Å². The van der Waals surface area contributed by atoms with Crippen LogP contribution in [0.15, 0.2) is 30.5 Å². The first kappa shape index (κ1) is 25.4. The van der Waals surface area contributed by atoms with Crippen LogP contribution in [0, 0.1) is 5.82 Å². The van der Waals surface area contributed by atoms with Gasteiger partial charge in [0.2, 0.25) is 5.88 Å². The third kappa shape index (κ3) is 5.21. The molecule has 0 radical (unpaired) electrons. The van der Waals surface area contributed by atoms with Crippen LogP contribution in [0.3, 0.4) is 0 Å². The minimum Gasteiger partial charge on any atom is -0.480 e. The van der Waals surface area contributed by atoms with Crippen molar-refractivity contribution in [2.24, 2.45) is 0 Å². The fourth-order valence-corrected chi connectivity index (χ4v) is 5.58. The average molecular weight is 538 g/mol. The van der Waals surface area contributed by atoms with Crippen LogP contribution in [0.25, 0.3) is 11.0 Å². The normalized spacial score (nSPS) is 23.7. The van der Waals surface area contributed by atoms with E-state index in [2.05, 4.69) is 25.6 Å². The molecule has 39 heavy (non-hydrogen) atoms. The van der Waals surface area contributed by atoms with E-state index in [0.29, 0.717) is 54.2 Å². The van der Waals surface area contributed by atoms with Gasteiger partial charge in [0.15, 0.2) is 24.8 Å². The van der Waals surface area contributed by atoms with E-state index in [4.69, 9.17) is 19.3 Å². The second-order valence-electron chi connectivity index (χ2n) is 10.4. The lowest BCUT2D eigenvalue weighted by molar-refractivity contribution is -0.165. The van der Waals surface area contributed by atoms with Crippen molar-refractivity contribution >= 4 is 28.7 Å². The second kappa shape index (κ2) is 10.0. The van der Waals surface area contributed by atoms with Crippen molar-refractivity contribution in [3.63, 3.8) is 0 Å². The molecule has 204 valence electrons. The number of ether oxygens (including phenoxy) is 3. The summed E-state index contributed by atoms with van der Waals surface area (Å²) in [4.78, 5) is 35.4. The summed E-state index contributed by atoms with van der Waals surface area (Å²) in [5, 5.41) is 15.2. The molecule has 0 unspecified atom stereocenters. The molecule has 3 aromatic rings. The summed E-state index contributed by atoms with van der Waals surface area (Å²) in [7, 11) is 0. The molecule has 11 nitrogen and oxygen atoms in total. The number of aryl methyl sites for hydroxylation is 1. The van der Waals surface area contributed by atoms with Crippen LogP contribution in [0.1, 0.15) is 43.4 Å². The number of aromatic nitrogens is 3. The summed E-state index contributed by atoms with van der Waals surface area (Å²) in [6.07, 6.45) is 5.75. The maximum absolute atomic E-state index is 14.9. The van der Waals surface area contributed by atoms with Crippen molar-refractivity contribution in [1.82, 2.24) is 20.3 Å². The third-order valence-corrected chi connectivity index (χ3v) is 7.86. The number of carboxylic acids is 1. The van der Waals surface area contributed by atoms with Gasteiger partial charge in [0.1, 0.15) is 5.82 Å². The molecule has 7 rings (SSSR count). The summed E-state index contributed by atoms with van der Waals surface area (Å²) in [5.41, 5.74) is 1.62. The molecule has 3 fully saturated rings. The van der Waals surface area contributed by atoms with E-state index >= 15 is 0 Å². The third-order valence-electron chi connectivity index (χ3n) is 7.86. The molecule has 3 N–H and O–H groups in total. The largest absolute Gasteiger partial charge is 0.480 e. The maximum atomic E-state index is 14.9. The number of amides is 1. The van der Waals surface area contributed by atoms with E-state index in [1.54, 1.807) is 6.07 Å². The first-order valence-electron chi connectivity index (χ1n) is 12.9. The molecule has 1 amide bonds. The van der Waals surface area contributed by atoms with Gasteiger partial charge in [-0.15, -0.1) is 0 Å². The Hall–Kier alpha value is -3.90. The van der Waals surface area contributed by atoms with Crippen molar-refractivity contribution in [3.8, 4) is 11.6 Å². The number of pyridine rings is 3. The summed E-state index contributed by atoms with van der Waals surface area (Å²) >= 11 is 0. The Labute approximate surface area is 223 Å². The molecular formula is C27H28FN5O6. The predicted molar refractivity (Wildman–Crippen MR) is 136 cm³/mol. The van der Waals surface area contributed by atoms with Crippen molar-refractivity contribution < 1.29 is 33.3 Å². The van der Waals surface area contributed by atoms with Crippen LogP contribution < -0.4 is 20.1 Å². The average Bonchev–Trinajstić information content (AvgIpc) is 2.95. The lowest BCUT2D eigenvalue weighted by Gasteiger charge is -2.53. The number of anilines is 1. The number of fused-ring (bicyclic) bond motifs is 5. The van der Waals surface area contributed by atoms with E-state index < -0.39 is 18.4 Å². The first-order valence-corrected chi connectivity index (χ1v) is 12.9. The van der Waals surface area contributed by atoms with Gasteiger partial charge in [0.25, 0.3) is 5.91 Å². The number of carbonyl (C=O) groups excluding carboxylic acids is 1. The zero-order valence-corrected chi connectivity index (χ0v) is 21.2. The quantitative estimate of drug-likeness (QED) is 0.373. The van der Waals surface area contributed by atoms with Crippen LogP contribution in [0.4, 0.5) is 10.2 Å². The van der Waals surface area contributed by atoms with Gasteiger partial charge in [0, 0.05) is 23.7 Å². The summed E-state index contributed by atoms with van der Waals surface area (Å²) in [6.45, 7) is 0.544. The highest BCUT2D eigenvalue weighted by molar-refractivity contribution is 5.94. The van der Waals surface area contributed by atoms with Gasteiger partial charge < -0.3 is 30.0 Å². The van der Waals surface area contributed by atoms with Crippen LogP contribution in [0.2, 0.25) is 0 Å². The van der Waals surface area contributed by atoms with Gasteiger partial charge in [-0.05, 0) is 56.7 Å². The highest BCUT2D eigenvalue weighted by Gasteiger charge is 2.49. The van der Waals surface area contributed by atoms with E-state index in [9.17, 15) is 14.0 Å². The van der Waals surface area contributed by atoms with Crippen molar-refractivity contribution in [2.45, 2.75) is 56.2 Å². The number of halogens is 1. The van der Waals surface area contributed by atoms with Gasteiger partial charge in [-0.25, -0.2) is 19.2 Å². The van der Waals surface area contributed by atoms with E-state index in [1.807, 2.05) is 12.1 Å². The number of carbonyl (C=O) groups is 2. The maximum Gasteiger partial charge on any atom is 0.341 e.